The van der Waals surface area contributed by atoms with Crippen LogP contribution in [0.4, 0.5) is 0 Å². The Bertz CT molecular complexity index is 365. The molecule has 0 amide bonds. The predicted octanol–water partition coefficient (Wildman–Crippen LogP) is 3.66. The first kappa shape index (κ1) is 9.22. The zero-order valence-corrected chi connectivity index (χ0v) is 9.26. The fraction of sp³-hybridized carbons (Fsp3) is 0.500. The van der Waals surface area contributed by atoms with E-state index < -0.39 is 0 Å². The van der Waals surface area contributed by atoms with E-state index >= 15 is 0 Å². The largest absolute Gasteiger partial charge is 0.294 e. The third kappa shape index (κ3) is 1.42. The summed E-state index contributed by atoms with van der Waals surface area (Å²) >= 11 is 7.46. The zero-order valence-electron chi connectivity index (χ0n) is 7.69. The fourth-order valence-electron chi connectivity index (χ4n) is 1.75. The minimum atomic E-state index is 0.126. The van der Waals surface area contributed by atoms with Crippen molar-refractivity contribution in [2.45, 2.75) is 32.1 Å². The molecule has 70 valence electrons. The molecule has 1 nitrogen and oxygen atoms in total. The number of rotatable bonds is 0. The molecule has 0 bridgehead atoms. The van der Waals surface area contributed by atoms with Crippen molar-refractivity contribution < 1.29 is 4.79 Å². The second kappa shape index (κ2) is 2.82. The molecule has 2 rings (SSSR count). The van der Waals surface area contributed by atoms with Crippen molar-refractivity contribution >= 4 is 28.7 Å². The Balaban J connectivity index is 2.60. The highest BCUT2D eigenvalue weighted by molar-refractivity contribution is 7.16. The van der Waals surface area contributed by atoms with E-state index in [1.807, 2.05) is 6.07 Å². The second-order valence-corrected chi connectivity index (χ2v) is 5.78. The summed E-state index contributed by atoms with van der Waals surface area (Å²) in [4.78, 5) is 12.7. The number of hydrogen-bond donors (Lipinski definition) is 0. The first-order valence-corrected chi connectivity index (χ1v) is 5.53. The van der Waals surface area contributed by atoms with E-state index in [-0.39, 0.29) is 11.2 Å². The maximum Gasteiger partial charge on any atom is 0.164 e. The van der Waals surface area contributed by atoms with E-state index in [0.717, 1.165) is 21.2 Å². The van der Waals surface area contributed by atoms with Gasteiger partial charge in [0, 0.05) is 22.3 Å². The fourth-order valence-corrected chi connectivity index (χ4v) is 3.12. The van der Waals surface area contributed by atoms with Crippen molar-refractivity contribution in [1.82, 2.24) is 0 Å². The van der Waals surface area contributed by atoms with Crippen LogP contribution < -0.4 is 0 Å². The van der Waals surface area contributed by atoms with E-state index in [0.29, 0.717) is 6.42 Å². The van der Waals surface area contributed by atoms with Gasteiger partial charge in [0.1, 0.15) is 0 Å². The van der Waals surface area contributed by atoms with Crippen LogP contribution in [0.1, 0.15) is 41.9 Å². The number of hydrogen-bond acceptors (Lipinski definition) is 2. The Morgan fingerprint density at radius 1 is 1.54 bits per heavy atom. The van der Waals surface area contributed by atoms with Crippen LogP contribution in [-0.4, -0.2) is 5.78 Å². The van der Waals surface area contributed by atoms with Crippen molar-refractivity contribution in [2.75, 3.05) is 0 Å². The molecule has 13 heavy (non-hydrogen) atoms. The summed E-state index contributed by atoms with van der Waals surface area (Å²) in [5.41, 5.74) is 0.979. The van der Waals surface area contributed by atoms with Crippen molar-refractivity contribution in [3.05, 3.63) is 20.8 Å². The predicted molar refractivity (Wildman–Crippen MR) is 55.9 cm³/mol. The SMILES string of the molecule is CC1(C)CCC(=O)c2cc(Cl)sc21. The van der Waals surface area contributed by atoms with Crippen LogP contribution in [0.25, 0.3) is 0 Å². The lowest BCUT2D eigenvalue weighted by Crippen LogP contribution is -2.24. The summed E-state index contributed by atoms with van der Waals surface area (Å²) in [6.45, 7) is 4.34. The summed E-state index contributed by atoms with van der Waals surface area (Å²) in [5.74, 6) is 0.248. The van der Waals surface area contributed by atoms with Crippen LogP contribution in [0.15, 0.2) is 6.07 Å². The molecular formula is C10H11ClOS. The van der Waals surface area contributed by atoms with Gasteiger partial charge in [0.25, 0.3) is 0 Å². The third-order valence-corrected chi connectivity index (χ3v) is 4.22. The Morgan fingerprint density at radius 3 is 2.85 bits per heavy atom. The van der Waals surface area contributed by atoms with Gasteiger partial charge in [0.2, 0.25) is 0 Å². The molecule has 0 radical (unpaired) electrons. The molecule has 1 aliphatic rings. The summed E-state index contributed by atoms with van der Waals surface area (Å²) in [5, 5.41) is 0. The van der Waals surface area contributed by atoms with Gasteiger partial charge in [-0.2, -0.15) is 0 Å². The first-order chi connectivity index (χ1) is 6.00. The van der Waals surface area contributed by atoms with Gasteiger partial charge in [-0.15, -0.1) is 11.3 Å². The number of carbonyl (C=O) groups is 1. The Morgan fingerprint density at radius 2 is 2.23 bits per heavy atom. The highest BCUT2D eigenvalue weighted by Gasteiger charge is 2.33. The molecule has 0 fully saturated rings. The molecule has 0 aromatic carbocycles. The van der Waals surface area contributed by atoms with Crippen LogP contribution >= 0.6 is 22.9 Å². The highest BCUT2D eigenvalue weighted by Crippen LogP contribution is 2.42. The number of ketones is 1. The van der Waals surface area contributed by atoms with E-state index in [1.54, 1.807) is 11.3 Å². The van der Waals surface area contributed by atoms with Crippen LogP contribution in [0, 0.1) is 0 Å². The first-order valence-electron chi connectivity index (χ1n) is 4.34. The molecule has 0 saturated carbocycles. The lowest BCUT2D eigenvalue weighted by atomic mass is 9.78. The zero-order chi connectivity index (χ0) is 9.64. The summed E-state index contributed by atoms with van der Waals surface area (Å²) < 4.78 is 0.730. The van der Waals surface area contributed by atoms with E-state index in [1.165, 1.54) is 0 Å². The normalized spacial score (nSPS) is 20.1. The number of fused-ring (bicyclic) bond motifs is 1. The molecule has 1 heterocycles. The van der Waals surface area contributed by atoms with E-state index in [4.69, 9.17) is 11.6 Å². The van der Waals surface area contributed by atoms with Gasteiger partial charge in [0.15, 0.2) is 5.78 Å². The molecule has 0 atom stereocenters. The third-order valence-electron chi connectivity index (χ3n) is 2.59. The van der Waals surface area contributed by atoms with Crippen molar-refractivity contribution in [3.63, 3.8) is 0 Å². The Labute approximate surface area is 86.7 Å². The standard InChI is InChI=1S/C10H11ClOS/c1-10(2)4-3-7(12)6-5-8(11)13-9(6)10/h5H,3-4H2,1-2H3. The van der Waals surface area contributed by atoms with Gasteiger partial charge < -0.3 is 0 Å². The van der Waals surface area contributed by atoms with Crippen LogP contribution in [0.3, 0.4) is 0 Å². The Kier molecular flexibility index (Phi) is 2.00. The molecular weight excluding hydrogens is 204 g/mol. The molecule has 0 saturated heterocycles. The van der Waals surface area contributed by atoms with Crippen LogP contribution in [-0.2, 0) is 5.41 Å². The number of thiophene rings is 1. The van der Waals surface area contributed by atoms with Crippen molar-refractivity contribution in [3.8, 4) is 0 Å². The quantitative estimate of drug-likeness (QED) is 0.644. The monoisotopic (exact) mass is 214 g/mol. The maximum absolute atomic E-state index is 11.5. The molecule has 3 heteroatoms. The topological polar surface area (TPSA) is 17.1 Å². The lowest BCUT2D eigenvalue weighted by molar-refractivity contribution is 0.0958. The smallest absolute Gasteiger partial charge is 0.164 e. The van der Waals surface area contributed by atoms with E-state index in [2.05, 4.69) is 13.8 Å². The number of carbonyl (C=O) groups excluding carboxylic acids is 1. The number of Topliss-reactive ketones (excluding diaryl/α,β-unsaturated/α-hetero) is 1. The summed E-state index contributed by atoms with van der Waals surface area (Å²) in [6, 6.07) is 1.81. The Hall–Kier alpha value is -0.340. The second-order valence-electron chi connectivity index (χ2n) is 4.10. The van der Waals surface area contributed by atoms with Crippen LogP contribution in [0.2, 0.25) is 4.34 Å². The minimum Gasteiger partial charge on any atom is -0.294 e. The average molecular weight is 215 g/mol. The molecule has 0 aliphatic heterocycles. The molecule has 1 aliphatic carbocycles. The van der Waals surface area contributed by atoms with Crippen LogP contribution in [0.5, 0.6) is 0 Å². The van der Waals surface area contributed by atoms with Gasteiger partial charge >= 0.3 is 0 Å². The van der Waals surface area contributed by atoms with Crippen molar-refractivity contribution in [2.24, 2.45) is 0 Å². The molecule has 0 unspecified atom stereocenters. The number of halogens is 1. The molecule has 0 N–H and O–H groups in total. The molecule has 0 spiro atoms. The minimum absolute atomic E-state index is 0.126. The summed E-state index contributed by atoms with van der Waals surface area (Å²) in [6.07, 6.45) is 1.60. The average Bonchev–Trinajstić information content (AvgIpc) is 2.42. The molecule has 1 aromatic rings. The summed E-state index contributed by atoms with van der Waals surface area (Å²) in [7, 11) is 0. The van der Waals surface area contributed by atoms with Crippen molar-refractivity contribution in [1.29, 1.82) is 0 Å². The lowest BCUT2D eigenvalue weighted by Gasteiger charge is -2.28. The molecule has 1 aromatic heterocycles. The van der Waals surface area contributed by atoms with Gasteiger partial charge in [-0.25, -0.2) is 0 Å². The van der Waals surface area contributed by atoms with E-state index in [9.17, 15) is 4.79 Å². The van der Waals surface area contributed by atoms with Gasteiger partial charge in [-0.3, -0.25) is 4.79 Å². The van der Waals surface area contributed by atoms with Gasteiger partial charge in [-0.05, 0) is 12.5 Å². The highest BCUT2D eigenvalue weighted by atomic mass is 35.5. The maximum atomic E-state index is 11.5. The van der Waals surface area contributed by atoms with Gasteiger partial charge in [-0.1, -0.05) is 25.4 Å². The van der Waals surface area contributed by atoms with Gasteiger partial charge in [0.05, 0.1) is 4.34 Å².